The minimum Gasteiger partial charge on any atom is -0.459 e. The number of nitriles is 2. The van der Waals surface area contributed by atoms with Crippen LogP contribution in [0, 0.1) is 28.1 Å². The molecule has 0 aliphatic rings. The predicted molar refractivity (Wildman–Crippen MR) is 100 cm³/mol. The Morgan fingerprint density at radius 3 is 1.96 bits per heavy atom. The Morgan fingerprint density at radius 1 is 0.963 bits per heavy atom. The lowest BCUT2D eigenvalue weighted by molar-refractivity contribution is -0.181. The lowest BCUT2D eigenvalue weighted by atomic mass is 9.70. The Hall–Kier alpha value is -3.15. The monoisotopic (exact) mass is 362 g/mol. The van der Waals surface area contributed by atoms with Crippen LogP contribution in [0.4, 0.5) is 0 Å². The van der Waals surface area contributed by atoms with Gasteiger partial charge >= 0.3 is 5.97 Å². The highest BCUT2D eigenvalue weighted by Gasteiger charge is 2.57. The summed E-state index contributed by atoms with van der Waals surface area (Å²) >= 11 is 0. The van der Waals surface area contributed by atoms with E-state index < -0.39 is 17.0 Å². The molecule has 1 atom stereocenters. The first-order chi connectivity index (χ1) is 13.0. The number of benzene rings is 2. The topological polar surface area (TPSA) is 83.1 Å². The third-order valence-corrected chi connectivity index (χ3v) is 4.54. The first-order valence-corrected chi connectivity index (χ1v) is 8.73. The highest BCUT2D eigenvalue weighted by atomic mass is 16.6. The van der Waals surface area contributed by atoms with E-state index in [0.717, 1.165) is 11.1 Å². The molecule has 2 rings (SSSR count). The number of hydrogen-bond acceptors (Lipinski definition) is 5. The number of rotatable bonds is 8. The summed E-state index contributed by atoms with van der Waals surface area (Å²) in [4.78, 5) is 12.9. The van der Waals surface area contributed by atoms with Crippen LogP contribution >= 0.6 is 0 Å². The van der Waals surface area contributed by atoms with Gasteiger partial charge < -0.3 is 9.47 Å². The lowest BCUT2D eigenvalue weighted by Crippen LogP contribution is -2.54. The van der Waals surface area contributed by atoms with E-state index in [1.165, 1.54) is 6.92 Å². The fourth-order valence-electron chi connectivity index (χ4n) is 2.89. The van der Waals surface area contributed by atoms with Gasteiger partial charge in [0.05, 0.1) is 12.1 Å². The second kappa shape index (κ2) is 8.98. The van der Waals surface area contributed by atoms with Crippen LogP contribution in [0.5, 0.6) is 0 Å². The molecule has 0 saturated heterocycles. The van der Waals surface area contributed by atoms with Gasteiger partial charge in [0, 0.05) is 13.0 Å². The van der Waals surface area contributed by atoms with E-state index >= 15 is 0 Å². The van der Waals surface area contributed by atoms with Gasteiger partial charge in [-0.3, -0.25) is 0 Å². The quantitative estimate of drug-likeness (QED) is 0.667. The van der Waals surface area contributed by atoms with Crippen LogP contribution in [0.15, 0.2) is 60.7 Å². The van der Waals surface area contributed by atoms with Crippen LogP contribution in [0.3, 0.4) is 0 Å². The summed E-state index contributed by atoms with van der Waals surface area (Å²) in [5.41, 5.74) is -1.87. The number of nitrogens with zero attached hydrogens (tertiary/aromatic N) is 2. The molecule has 0 amide bonds. The van der Waals surface area contributed by atoms with Crippen molar-refractivity contribution in [2.75, 3.05) is 6.61 Å². The maximum atomic E-state index is 12.9. The van der Waals surface area contributed by atoms with Crippen molar-refractivity contribution in [3.05, 3.63) is 71.8 Å². The van der Waals surface area contributed by atoms with E-state index in [4.69, 9.17) is 9.47 Å². The maximum absolute atomic E-state index is 12.9. The number of esters is 1. The van der Waals surface area contributed by atoms with Gasteiger partial charge in [-0.2, -0.15) is 10.5 Å². The van der Waals surface area contributed by atoms with Crippen molar-refractivity contribution in [1.82, 2.24) is 0 Å². The van der Waals surface area contributed by atoms with Gasteiger partial charge in [0.25, 0.3) is 0 Å². The summed E-state index contributed by atoms with van der Waals surface area (Å²) in [7, 11) is 0. The molecule has 0 fully saturated rings. The SMILES string of the molecule is CCOC(C)(C(=O)OCc1ccccc1)C(C#N)(C#N)Cc1ccccc1. The molecule has 0 heterocycles. The zero-order valence-corrected chi connectivity index (χ0v) is 15.5. The first kappa shape index (κ1) is 20.2. The molecule has 27 heavy (non-hydrogen) atoms. The molecule has 5 heteroatoms. The lowest BCUT2D eigenvalue weighted by Gasteiger charge is -2.37. The fourth-order valence-corrected chi connectivity index (χ4v) is 2.89. The summed E-state index contributed by atoms with van der Waals surface area (Å²) in [6, 6.07) is 22.4. The molecule has 5 nitrogen and oxygen atoms in total. The molecule has 0 bridgehead atoms. The van der Waals surface area contributed by atoms with Crippen molar-refractivity contribution in [3.8, 4) is 12.1 Å². The predicted octanol–water partition coefficient (Wildman–Crippen LogP) is 3.80. The molecule has 0 radical (unpaired) electrons. The highest BCUT2D eigenvalue weighted by molar-refractivity contribution is 5.82. The Morgan fingerprint density at radius 2 is 1.48 bits per heavy atom. The number of ether oxygens (including phenoxy) is 2. The van der Waals surface area contributed by atoms with Crippen LogP contribution < -0.4 is 0 Å². The van der Waals surface area contributed by atoms with E-state index in [0.29, 0.717) is 0 Å². The van der Waals surface area contributed by atoms with Crippen LogP contribution in [0.25, 0.3) is 0 Å². The Labute approximate surface area is 159 Å². The fraction of sp³-hybridized carbons (Fsp3) is 0.318. The van der Waals surface area contributed by atoms with Gasteiger partial charge in [-0.15, -0.1) is 0 Å². The van der Waals surface area contributed by atoms with Crippen molar-refractivity contribution in [2.45, 2.75) is 32.5 Å². The molecule has 2 aromatic carbocycles. The summed E-state index contributed by atoms with van der Waals surface area (Å²) < 4.78 is 11.1. The van der Waals surface area contributed by atoms with Crippen molar-refractivity contribution < 1.29 is 14.3 Å². The molecule has 0 spiro atoms. The molecule has 1 unspecified atom stereocenters. The first-order valence-electron chi connectivity index (χ1n) is 8.73. The van der Waals surface area contributed by atoms with Crippen molar-refractivity contribution in [1.29, 1.82) is 10.5 Å². The van der Waals surface area contributed by atoms with E-state index in [1.54, 1.807) is 6.92 Å². The normalized spacial score (nSPS) is 13.0. The van der Waals surface area contributed by atoms with E-state index in [9.17, 15) is 15.3 Å². The summed E-state index contributed by atoms with van der Waals surface area (Å²) in [5, 5.41) is 19.7. The molecule has 0 saturated carbocycles. The minimum atomic E-state index is -1.73. The molecular formula is C22H22N2O3. The van der Waals surface area contributed by atoms with Crippen molar-refractivity contribution in [2.24, 2.45) is 5.41 Å². The Kier molecular flexibility index (Phi) is 6.71. The Bertz CT molecular complexity index is 823. The van der Waals surface area contributed by atoms with Crippen LogP contribution in [0.2, 0.25) is 0 Å². The van der Waals surface area contributed by atoms with Gasteiger partial charge in [-0.05, 0) is 25.0 Å². The molecular weight excluding hydrogens is 340 g/mol. The van der Waals surface area contributed by atoms with E-state index in [2.05, 4.69) is 0 Å². The Balaban J connectivity index is 2.33. The second-order valence-corrected chi connectivity index (χ2v) is 6.32. The van der Waals surface area contributed by atoms with Gasteiger partial charge in [-0.25, -0.2) is 4.79 Å². The van der Waals surface area contributed by atoms with Crippen LogP contribution in [-0.2, 0) is 27.3 Å². The van der Waals surface area contributed by atoms with Gasteiger partial charge in [0.1, 0.15) is 6.61 Å². The minimum absolute atomic E-state index is 0.0423. The van der Waals surface area contributed by atoms with E-state index in [1.807, 2.05) is 72.8 Å². The van der Waals surface area contributed by atoms with Crippen LogP contribution in [0.1, 0.15) is 25.0 Å². The molecule has 138 valence electrons. The third-order valence-electron chi connectivity index (χ3n) is 4.54. The van der Waals surface area contributed by atoms with Gasteiger partial charge in [0.15, 0.2) is 11.0 Å². The van der Waals surface area contributed by atoms with E-state index in [-0.39, 0.29) is 19.6 Å². The zero-order valence-electron chi connectivity index (χ0n) is 15.5. The smallest absolute Gasteiger partial charge is 0.341 e. The molecule has 0 aliphatic heterocycles. The van der Waals surface area contributed by atoms with Gasteiger partial charge in [0.2, 0.25) is 0 Å². The number of hydrogen-bond donors (Lipinski definition) is 0. The number of carbonyl (C=O) groups excluding carboxylic acids is 1. The summed E-state index contributed by atoms with van der Waals surface area (Å²) in [6.45, 7) is 3.38. The molecule has 0 N–H and O–H groups in total. The number of carbonyl (C=O) groups is 1. The van der Waals surface area contributed by atoms with Crippen molar-refractivity contribution >= 4 is 5.97 Å². The molecule has 0 aromatic heterocycles. The second-order valence-electron chi connectivity index (χ2n) is 6.32. The molecule has 0 aliphatic carbocycles. The molecule has 2 aromatic rings. The van der Waals surface area contributed by atoms with Crippen LogP contribution in [-0.4, -0.2) is 18.2 Å². The zero-order chi connectivity index (χ0) is 19.8. The van der Waals surface area contributed by atoms with Crippen molar-refractivity contribution in [3.63, 3.8) is 0 Å². The summed E-state index contributed by atoms with van der Waals surface area (Å²) in [5.74, 6) is -0.729. The largest absolute Gasteiger partial charge is 0.459 e. The average Bonchev–Trinajstić information content (AvgIpc) is 2.71. The standard InChI is InChI=1S/C22H22N2O3/c1-3-27-21(2,20(25)26-15-19-12-8-5-9-13-19)22(16-23,17-24)14-18-10-6-4-7-11-18/h4-13H,3,14-15H2,1-2H3. The maximum Gasteiger partial charge on any atom is 0.341 e. The average molecular weight is 362 g/mol. The highest BCUT2D eigenvalue weighted by Crippen LogP contribution is 2.38. The van der Waals surface area contributed by atoms with Gasteiger partial charge in [-0.1, -0.05) is 60.7 Å². The summed E-state index contributed by atoms with van der Waals surface area (Å²) in [6.07, 6.45) is 0.0534. The third kappa shape index (κ3) is 4.34.